The molecule has 112 valence electrons. The van der Waals surface area contributed by atoms with Crippen molar-refractivity contribution in [2.24, 2.45) is 0 Å². The molecule has 0 aliphatic rings. The Morgan fingerprint density at radius 1 is 1.14 bits per heavy atom. The summed E-state index contributed by atoms with van der Waals surface area (Å²) in [6.07, 6.45) is 0. The van der Waals surface area contributed by atoms with Crippen LogP contribution < -0.4 is 10.9 Å². The Morgan fingerprint density at radius 2 is 1.86 bits per heavy atom. The van der Waals surface area contributed by atoms with E-state index in [0.717, 1.165) is 17.2 Å². The van der Waals surface area contributed by atoms with Crippen molar-refractivity contribution < 1.29 is 0 Å². The van der Waals surface area contributed by atoms with Crippen LogP contribution in [0.2, 0.25) is 0 Å². The van der Waals surface area contributed by atoms with Gasteiger partial charge in [-0.25, -0.2) is 4.98 Å². The Balaban J connectivity index is 2.07. The normalized spacial score (nSPS) is 10.7. The molecule has 0 spiro atoms. The molecule has 2 aromatic heterocycles. The monoisotopic (exact) mass is 295 g/mol. The van der Waals surface area contributed by atoms with Crippen molar-refractivity contribution in [1.82, 2.24) is 19.7 Å². The number of nitrogens with one attached hydrogen (secondary N) is 2. The maximum absolute atomic E-state index is 12.0. The molecular formula is C16H17N5O. The molecule has 0 bridgehead atoms. The predicted octanol–water partition coefficient (Wildman–Crippen LogP) is 2.62. The van der Waals surface area contributed by atoms with Gasteiger partial charge >= 0.3 is 0 Å². The Kier molecular flexibility index (Phi) is 3.50. The van der Waals surface area contributed by atoms with Crippen molar-refractivity contribution in [3.8, 4) is 5.95 Å². The quantitative estimate of drug-likeness (QED) is 0.779. The number of anilines is 2. The van der Waals surface area contributed by atoms with Crippen LogP contribution in [0.5, 0.6) is 0 Å². The lowest BCUT2D eigenvalue weighted by molar-refractivity contribution is 0.786. The molecule has 6 nitrogen and oxygen atoms in total. The number of benzene rings is 1. The zero-order valence-electron chi connectivity index (χ0n) is 12.7. The van der Waals surface area contributed by atoms with Crippen LogP contribution in [-0.2, 0) is 0 Å². The topological polar surface area (TPSA) is 75.6 Å². The maximum atomic E-state index is 12.0. The Bertz CT molecular complexity index is 864. The smallest absolute Gasteiger partial charge is 0.255 e. The first-order valence-corrected chi connectivity index (χ1v) is 7.01. The first-order chi connectivity index (χ1) is 10.5. The van der Waals surface area contributed by atoms with Gasteiger partial charge in [-0.05, 0) is 32.9 Å². The number of hydrogen-bond acceptors (Lipinski definition) is 4. The van der Waals surface area contributed by atoms with Crippen molar-refractivity contribution in [1.29, 1.82) is 0 Å². The van der Waals surface area contributed by atoms with E-state index in [0.29, 0.717) is 17.2 Å². The Hall–Kier alpha value is -2.89. The van der Waals surface area contributed by atoms with Crippen molar-refractivity contribution in [3.63, 3.8) is 0 Å². The van der Waals surface area contributed by atoms with Crippen LogP contribution in [0.15, 0.2) is 41.2 Å². The van der Waals surface area contributed by atoms with Gasteiger partial charge in [0.15, 0.2) is 0 Å². The van der Waals surface area contributed by atoms with Gasteiger partial charge in [0.25, 0.3) is 5.56 Å². The van der Waals surface area contributed by atoms with E-state index >= 15 is 0 Å². The Morgan fingerprint density at radius 3 is 2.55 bits per heavy atom. The summed E-state index contributed by atoms with van der Waals surface area (Å²) in [6.45, 7) is 5.46. The summed E-state index contributed by atoms with van der Waals surface area (Å²) in [4.78, 5) is 19.1. The van der Waals surface area contributed by atoms with Gasteiger partial charge in [0.05, 0.1) is 5.69 Å². The van der Waals surface area contributed by atoms with Gasteiger partial charge < -0.3 is 5.32 Å². The summed E-state index contributed by atoms with van der Waals surface area (Å²) in [7, 11) is 0. The predicted molar refractivity (Wildman–Crippen MR) is 85.9 cm³/mol. The molecule has 0 atom stereocenters. The second-order valence-corrected chi connectivity index (χ2v) is 5.17. The number of aromatic amines is 1. The van der Waals surface area contributed by atoms with Crippen LogP contribution in [0.25, 0.3) is 5.95 Å². The van der Waals surface area contributed by atoms with Crippen molar-refractivity contribution >= 4 is 11.5 Å². The summed E-state index contributed by atoms with van der Waals surface area (Å²) >= 11 is 0. The second-order valence-electron chi connectivity index (χ2n) is 5.17. The van der Waals surface area contributed by atoms with Crippen LogP contribution in [-0.4, -0.2) is 19.7 Å². The molecule has 1 aromatic carbocycles. The van der Waals surface area contributed by atoms with Crippen LogP contribution in [0.1, 0.15) is 17.0 Å². The van der Waals surface area contributed by atoms with Gasteiger partial charge in [0, 0.05) is 23.0 Å². The number of aryl methyl sites for hydroxylation is 2. The molecule has 0 aliphatic carbocycles. The van der Waals surface area contributed by atoms with E-state index in [2.05, 4.69) is 20.4 Å². The summed E-state index contributed by atoms with van der Waals surface area (Å²) in [5.41, 5.74) is 2.93. The van der Waals surface area contributed by atoms with E-state index in [1.807, 2.05) is 50.2 Å². The molecule has 22 heavy (non-hydrogen) atoms. The maximum Gasteiger partial charge on any atom is 0.255 e. The van der Waals surface area contributed by atoms with E-state index in [1.165, 1.54) is 0 Å². The molecule has 0 saturated carbocycles. The standard InChI is InChI=1S/C16H17N5O/c1-10-9-14(18-13-7-5-4-6-8-13)21(20-10)16-17-12(3)11(2)15(22)19-16/h4-9,18H,1-3H3,(H,17,19,22). The lowest BCUT2D eigenvalue weighted by Gasteiger charge is -2.10. The summed E-state index contributed by atoms with van der Waals surface area (Å²) in [5, 5.41) is 7.69. The van der Waals surface area contributed by atoms with E-state index in [-0.39, 0.29) is 5.56 Å². The number of rotatable bonds is 3. The molecule has 6 heteroatoms. The van der Waals surface area contributed by atoms with Crippen molar-refractivity contribution in [2.75, 3.05) is 5.32 Å². The molecule has 0 unspecified atom stereocenters. The molecule has 2 N–H and O–H groups in total. The van der Waals surface area contributed by atoms with Crippen molar-refractivity contribution in [2.45, 2.75) is 20.8 Å². The highest BCUT2D eigenvalue weighted by molar-refractivity contribution is 5.57. The molecule has 2 heterocycles. The molecular weight excluding hydrogens is 278 g/mol. The third-order valence-corrected chi connectivity index (χ3v) is 3.46. The van der Waals surface area contributed by atoms with E-state index in [4.69, 9.17) is 0 Å². The molecule has 0 aliphatic heterocycles. The zero-order chi connectivity index (χ0) is 15.7. The van der Waals surface area contributed by atoms with Crippen LogP contribution in [0.3, 0.4) is 0 Å². The summed E-state index contributed by atoms with van der Waals surface area (Å²) < 4.78 is 1.61. The van der Waals surface area contributed by atoms with Gasteiger partial charge in [-0.15, -0.1) is 0 Å². The molecule has 0 saturated heterocycles. The zero-order valence-corrected chi connectivity index (χ0v) is 12.7. The largest absolute Gasteiger partial charge is 0.340 e. The van der Waals surface area contributed by atoms with Gasteiger partial charge in [-0.1, -0.05) is 18.2 Å². The fraction of sp³-hybridized carbons (Fsp3) is 0.188. The van der Waals surface area contributed by atoms with Gasteiger partial charge in [-0.2, -0.15) is 9.78 Å². The van der Waals surface area contributed by atoms with Gasteiger partial charge in [0.1, 0.15) is 5.82 Å². The van der Waals surface area contributed by atoms with Gasteiger partial charge in [0.2, 0.25) is 5.95 Å². The highest BCUT2D eigenvalue weighted by atomic mass is 16.1. The molecule has 3 rings (SSSR count). The minimum Gasteiger partial charge on any atom is -0.340 e. The fourth-order valence-electron chi connectivity index (χ4n) is 2.15. The number of hydrogen-bond donors (Lipinski definition) is 2. The average Bonchev–Trinajstić information content (AvgIpc) is 2.86. The molecule has 0 fully saturated rings. The highest BCUT2D eigenvalue weighted by Gasteiger charge is 2.12. The lowest BCUT2D eigenvalue weighted by atomic mass is 10.3. The first-order valence-electron chi connectivity index (χ1n) is 7.01. The average molecular weight is 295 g/mol. The SMILES string of the molecule is Cc1cc(Nc2ccccc2)n(-c2nc(C)c(C)c(=O)[nH]2)n1. The summed E-state index contributed by atoms with van der Waals surface area (Å²) in [5.74, 6) is 1.15. The molecule has 0 radical (unpaired) electrons. The van der Waals surface area contributed by atoms with Crippen LogP contribution in [0.4, 0.5) is 11.5 Å². The summed E-state index contributed by atoms with van der Waals surface area (Å²) in [6, 6.07) is 11.7. The first kappa shape index (κ1) is 14.1. The third-order valence-electron chi connectivity index (χ3n) is 3.46. The second kappa shape index (κ2) is 5.48. The number of para-hydroxylation sites is 1. The van der Waals surface area contributed by atoms with Gasteiger partial charge in [-0.3, -0.25) is 9.78 Å². The third kappa shape index (κ3) is 2.63. The minimum atomic E-state index is -0.152. The van der Waals surface area contributed by atoms with E-state index in [9.17, 15) is 4.79 Å². The van der Waals surface area contributed by atoms with Crippen LogP contribution >= 0.6 is 0 Å². The van der Waals surface area contributed by atoms with E-state index < -0.39 is 0 Å². The molecule has 0 amide bonds. The fourth-order valence-corrected chi connectivity index (χ4v) is 2.15. The van der Waals surface area contributed by atoms with E-state index in [1.54, 1.807) is 11.6 Å². The highest BCUT2D eigenvalue weighted by Crippen LogP contribution is 2.19. The minimum absolute atomic E-state index is 0.152. The number of aromatic nitrogens is 4. The molecule has 3 aromatic rings. The van der Waals surface area contributed by atoms with Crippen molar-refractivity contribution in [3.05, 3.63) is 63.7 Å². The van der Waals surface area contributed by atoms with Crippen LogP contribution in [0, 0.1) is 20.8 Å². The Labute approximate surface area is 127 Å². The number of nitrogens with zero attached hydrogens (tertiary/aromatic N) is 3. The lowest BCUT2D eigenvalue weighted by Crippen LogP contribution is -2.18. The number of H-pyrrole nitrogens is 1.